The van der Waals surface area contributed by atoms with Crippen molar-refractivity contribution in [2.75, 3.05) is 26.8 Å². The Bertz CT molecular complexity index is 514. The Morgan fingerprint density at radius 2 is 1.77 bits per heavy atom. The van der Waals surface area contributed by atoms with Gasteiger partial charge in [-0.2, -0.15) is 13.2 Å². The van der Waals surface area contributed by atoms with E-state index in [2.05, 4.69) is 4.74 Å². The average molecular weight is 319 g/mol. The molecule has 5 nitrogen and oxygen atoms in total. The molecule has 0 aliphatic rings. The summed E-state index contributed by atoms with van der Waals surface area (Å²) in [5.41, 5.74) is -0.807. The van der Waals surface area contributed by atoms with E-state index < -0.39 is 23.6 Å². The zero-order chi connectivity index (χ0) is 16.8. The Balaban J connectivity index is 2.82. The van der Waals surface area contributed by atoms with Crippen LogP contribution in [0.3, 0.4) is 0 Å². The summed E-state index contributed by atoms with van der Waals surface area (Å²) < 4.78 is 41.9. The van der Waals surface area contributed by atoms with Crippen LogP contribution in [0.25, 0.3) is 0 Å². The number of halogens is 3. The fourth-order valence-electron chi connectivity index (χ4n) is 1.75. The molecule has 0 bridgehead atoms. The third-order valence-corrected chi connectivity index (χ3v) is 2.93. The molecule has 1 aromatic rings. The van der Waals surface area contributed by atoms with Crippen molar-refractivity contribution in [1.82, 2.24) is 4.90 Å². The summed E-state index contributed by atoms with van der Waals surface area (Å²) in [7, 11) is 1.20. The maximum Gasteiger partial charge on any atom is 0.416 e. The molecule has 0 saturated carbocycles. The van der Waals surface area contributed by atoms with Gasteiger partial charge in [0.25, 0.3) is 5.91 Å². The lowest BCUT2D eigenvalue weighted by atomic mass is 10.1. The Labute approximate surface area is 125 Å². The highest BCUT2D eigenvalue weighted by atomic mass is 19.4. The van der Waals surface area contributed by atoms with E-state index in [1.54, 1.807) is 0 Å². The van der Waals surface area contributed by atoms with Crippen molar-refractivity contribution >= 4 is 11.9 Å². The van der Waals surface area contributed by atoms with Crippen LogP contribution in [0.4, 0.5) is 13.2 Å². The van der Waals surface area contributed by atoms with Crippen LogP contribution >= 0.6 is 0 Å². The van der Waals surface area contributed by atoms with Crippen molar-refractivity contribution in [3.05, 3.63) is 35.4 Å². The molecule has 1 rings (SSSR count). The normalized spacial score (nSPS) is 11.1. The highest BCUT2D eigenvalue weighted by molar-refractivity contribution is 5.94. The van der Waals surface area contributed by atoms with Crippen LogP contribution < -0.4 is 0 Å². The van der Waals surface area contributed by atoms with E-state index >= 15 is 0 Å². The number of carbonyl (C=O) groups excluding carboxylic acids is 2. The average Bonchev–Trinajstić information content (AvgIpc) is 2.49. The third kappa shape index (κ3) is 5.03. The van der Waals surface area contributed by atoms with Crippen molar-refractivity contribution in [1.29, 1.82) is 0 Å². The van der Waals surface area contributed by atoms with Crippen LogP contribution in [0.2, 0.25) is 0 Å². The minimum Gasteiger partial charge on any atom is -0.469 e. The largest absolute Gasteiger partial charge is 0.469 e. The van der Waals surface area contributed by atoms with E-state index in [1.807, 2.05) is 0 Å². The Kier molecular flexibility index (Phi) is 6.36. The van der Waals surface area contributed by atoms with Gasteiger partial charge in [0.2, 0.25) is 0 Å². The summed E-state index contributed by atoms with van der Waals surface area (Å²) in [5.74, 6) is -1.09. The molecular formula is C14H16F3NO4. The van der Waals surface area contributed by atoms with Gasteiger partial charge in [0.05, 0.1) is 25.7 Å². The number of methoxy groups -OCH3 is 1. The number of ether oxygens (including phenoxy) is 1. The third-order valence-electron chi connectivity index (χ3n) is 2.93. The molecule has 0 radical (unpaired) electrons. The molecule has 0 aliphatic heterocycles. The monoisotopic (exact) mass is 319 g/mol. The molecule has 0 heterocycles. The fourth-order valence-corrected chi connectivity index (χ4v) is 1.75. The second kappa shape index (κ2) is 7.79. The van der Waals surface area contributed by atoms with Gasteiger partial charge in [-0.15, -0.1) is 0 Å². The number of aliphatic hydroxyl groups excluding tert-OH is 1. The quantitative estimate of drug-likeness (QED) is 0.811. The minimum atomic E-state index is -4.47. The zero-order valence-electron chi connectivity index (χ0n) is 11.9. The van der Waals surface area contributed by atoms with Crippen LogP contribution in [0.5, 0.6) is 0 Å². The fraction of sp³-hybridized carbons (Fsp3) is 0.429. The molecule has 0 spiro atoms. The number of hydrogen-bond donors (Lipinski definition) is 1. The Morgan fingerprint density at radius 1 is 1.18 bits per heavy atom. The molecule has 1 aromatic carbocycles. The number of aliphatic hydroxyl groups is 1. The standard InChI is InChI=1S/C14H16F3NO4/c1-22-12(20)6-7-18(8-9-19)13(21)10-2-4-11(5-3-10)14(15,16)17/h2-5,19H,6-9H2,1H3. The SMILES string of the molecule is COC(=O)CCN(CCO)C(=O)c1ccc(C(F)(F)F)cc1. The van der Waals surface area contributed by atoms with Crippen molar-refractivity contribution in [3.63, 3.8) is 0 Å². The molecule has 1 N–H and O–H groups in total. The van der Waals surface area contributed by atoms with Crippen molar-refractivity contribution < 1.29 is 32.6 Å². The van der Waals surface area contributed by atoms with Gasteiger partial charge in [0, 0.05) is 18.7 Å². The van der Waals surface area contributed by atoms with Gasteiger partial charge >= 0.3 is 12.1 Å². The molecule has 0 atom stereocenters. The lowest BCUT2D eigenvalue weighted by molar-refractivity contribution is -0.141. The van der Waals surface area contributed by atoms with Gasteiger partial charge in [0.15, 0.2) is 0 Å². The summed E-state index contributed by atoms with van der Waals surface area (Å²) in [5, 5.41) is 8.95. The van der Waals surface area contributed by atoms with E-state index in [4.69, 9.17) is 5.11 Å². The first-order valence-electron chi connectivity index (χ1n) is 6.43. The zero-order valence-corrected chi connectivity index (χ0v) is 11.9. The first-order chi connectivity index (χ1) is 10.3. The number of amides is 1. The molecule has 1 amide bonds. The lowest BCUT2D eigenvalue weighted by Gasteiger charge is -2.21. The first-order valence-corrected chi connectivity index (χ1v) is 6.43. The summed E-state index contributed by atoms with van der Waals surface area (Å²) >= 11 is 0. The highest BCUT2D eigenvalue weighted by Crippen LogP contribution is 2.29. The topological polar surface area (TPSA) is 66.8 Å². The van der Waals surface area contributed by atoms with Crippen molar-refractivity contribution in [3.8, 4) is 0 Å². The van der Waals surface area contributed by atoms with Crippen LogP contribution in [0.15, 0.2) is 24.3 Å². The van der Waals surface area contributed by atoms with E-state index in [9.17, 15) is 22.8 Å². The van der Waals surface area contributed by atoms with E-state index in [0.717, 1.165) is 24.3 Å². The molecule has 22 heavy (non-hydrogen) atoms. The first kappa shape index (κ1) is 18.0. The summed E-state index contributed by atoms with van der Waals surface area (Å²) in [6, 6.07) is 3.75. The number of alkyl halides is 3. The number of rotatable bonds is 6. The molecule has 0 aliphatic carbocycles. The smallest absolute Gasteiger partial charge is 0.416 e. The number of carbonyl (C=O) groups is 2. The molecule has 8 heteroatoms. The molecule has 122 valence electrons. The molecule has 0 saturated heterocycles. The predicted molar refractivity (Wildman–Crippen MR) is 71.1 cm³/mol. The molecule has 0 unspecified atom stereocenters. The summed E-state index contributed by atoms with van der Waals surface area (Å²) in [6.07, 6.45) is -4.54. The Morgan fingerprint density at radius 3 is 2.23 bits per heavy atom. The summed E-state index contributed by atoms with van der Waals surface area (Å²) in [6.45, 7) is -0.350. The minimum absolute atomic E-state index is 0.00703. The number of nitrogens with zero attached hydrogens (tertiary/aromatic N) is 1. The maximum atomic E-state index is 12.5. The number of benzene rings is 1. The lowest BCUT2D eigenvalue weighted by Crippen LogP contribution is -2.35. The number of esters is 1. The molecular weight excluding hydrogens is 303 g/mol. The van der Waals surface area contributed by atoms with Crippen LogP contribution in [-0.2, 0) is 15.7 Å². The summed E-state index contributed by atoms with van der Waals surface area (Å²) in [4.78, 5) is 24.4. The highest BCUT2D eigenvalue weighted by Gasteiger charge is 2.30. The van der Waals surface area contributed by atoms with Crippen LogP contribution in [-0.4, -0.2) is 48.7 Å². The molecule has 0 fully saturated rings. The maximum absolute atomic E-state index is 12.5. The van der Waals surface area contributed by atoms with Crippen molar-refractivity contribution in [2.45, 2.75) is 12.6 Å². The second-order valence-corrected chi connectivity index (χ2v) is 4.42. The Hall–Kier alpha value is -2.09. The number of hydrogen-bond acceptors (Lipinski definition) is 4. The second-order valence-electron chi connectivity index (χ2n) is 4.42. The molecule has 0 aromatic heterocycles. The van der Waals surface area contributed by atoms with Gasteiger partial charge in [-0.1, -0.05) is 0 Å². The van der Waals surface area contributed by atoms with Crippen LogP contribution in [0, 0.1) is 0 Å². The van der Waals surface area contributed by atoms with Crippen LogP contribution in [0.1, 0.15) is 22.3 Å². The van der Waals surface area contributed by atoms with E-state index in [-0.39, 0.29) is 31.7 Å². The van der Waals surface area contributed by atoms with Gasteiger partial charge < -0.3 is 14.7 Å². The predicted octanol–water partition coefficient (Wildman–Crippen LogP) is 1.70. The van der Waals surface area contributed by atoms with E-state index in [0.29, 0.717) is 0 Å². The van der Waals surface area contributed by atoms with Gasteiger partial charge in [0.1, 0.15) is 0 Å². The van der Waals surface area contributed by atoms with Gasteiger partial charge in [-0.3, -0.25) is 9.59 Å². The van der Waals surface area contributed by atoms with E-state index in [1.165, 1.54) is 12.0 Å². The van der Waals surface area contributed by atoms with Gasteiger partial charge in [-0.25, -0.2) is 0 Å². The van der Waals surface area contributed by atoms with Crippen molar-refractivity contribution in [2.24, 2.45) is 0 Å². The van der Waals surface area contributed by atoms with Gasteiger partial charge in [-0.05, 0) is 24.3 Å².